The van der Waals surface area contributed by atoms with Crippen molar-refractivity contribution >= 4 is 26.7 Å². The molecule has 7 nitrogen and oxygen atoms in total. The Kier molecular flexibility index (Phi) is 3.82. The fraction of sp³-hybridized carbons (Fsp3) is 0.238. The molecule has 29 heavy (non-hydrogen) atoms. The van der Waals surface area contributed by atoms with Crippen LogP contribution in [-0.4, -0.2) is 41.9 Å². The van der Waals surface area contributed by atoms with Crippen molar-refractivity contribution < 1.29 is 22.7 Å². The Morgan fingerprint density at radius 1 is 1.03 bits per heavy atom. The van der Waals surface area contributed by atoms with Crippen molar-refractivity contribution in [2.24, 2.45) is 0 Å². The van der Waals surface area contributed by atoms with Crippen LogP contribution < -0.4 is 5.43 Å². The molecule has 2 unspecified atom stereocenters. The standard InChI is InChI=1S/C21H17NO6S/c23-14-7-5-12(6-8-14)18-17-19(24)15-3-1-2-4-16(15)28-20(17)21(25)22(18)13-9-10-29(26,27)11-13/h1-8,13,18,23H,9-11H2. The summed E-state index contributed by atoms with van der Waals surface area (Å²) < 4.78 is 30.0. The van der Waals surface area contributed by atoms with Crippen molar-refractivity contribution in [3.05, 3.63) is 75.6 Å². The summed E-state index contributed by atoms with van der Waals surface area (Å²) in [5, 5.41) is 10.0. The molecule has 0 saturated carbocycles. The van der Waals surface area contributed by atoms with Crippen LogP contribution in [-0.2, 0) is 9.84 Å². The molecule has 5 rings (SSSR count). The average molecular weight is 411 g/mol. The lowest BCUT2D eigenvalue weighted by atomic mass is 9.97. The van der Waals surface area contributed by atoms with Gasteiger partial charge < -0.3 is 14.4 Å². The first kappa shape index (κ1) is 17.9. The molecule has 1 N–H and O–H groups in total. The molecule has 0 aliphatic carbocycles. The smallest absolute Gasteiger partial charge is 0.291 e. The van der Waals surface area contributed by atoms with Gasteiger partial charge in [0.25, 0.3) is 5.91 Å². The van der Waals surface area contributed by atoms with Crippen LogP contribution in [0, 0.1) is 0 Å². The van der Waals surface area contributed by atoms with Gasteiger partial charge in [0.1, 0.15) is 11.3 Å². The predicted octanol–water partition coefficient (Wildman–Crippen LogP) is 2.23. The van der Waals surface area contributed by atoms with Gasteiger partial charge in [-0.05, 0) is 36.2 Å². The van der Waals surface area contributed by atoms with Crippen molar-refractivity contribution in [2.45, 2.75) is 18.5 Å². The lowest BCUT2D eigenvalue weighted by Crippen LogP contribution is -2.40. The van der Waals surface area contributed by atoms with E-state index in [1.54, 1.807) is 36.4 Å². The monoisotopic (exact) mass is 411 g/mol. The van der Waals surface area contributed by atoms with Gasteiger partial charge in [0.15, 0.2) is 15.3 Å². The van der Waals surface area contributed by atoms with E-state index in [2.05, 4.69) is 0 Å². The van der Waals surface area contributed by atoms with Gasteiger partial charge in [-0.15, -0.1) is 0 Å². The molecule has 1 amide bonds. The second kappa shape index (κ2) is 6.18. The number of hydrogen-bond donors (Lipinski definition) is 1. The minimum Gasteiger partial charge on any atom is -0.508 e. The third kappa shape index (κ3) is 2.74. The van der Waals surface area contributed by atoms with E-state index < -0.39 is 27.8 Å². The third-order valence-corrected chi connectivity index (χ3v) is 7.37. The molecule has 8 heteroatoms. The highest BCUT2D eigenvalue weighted by Crippen LogP contribution is 2.41. The van der Waals surface area contributed by atoms with Crippen molar-refractivity contribution in [1.82, 2.24) is 4.90 Å². The van der Waals surface area contributed by atoms with Gasteiger partial charge in [-0.25, -0.2) is 8.42 Å². The fourth-order valence-electron chi connectivity index (χ4n) is 4.29. The summed E-state index contributed by atoms with van der Waals surface area (Å²) in [6.07, 6.45) is 0.310. The molecule has 1 fully saturated rings. The van der Waals surface area contributed by atoms with Gasteiger partial charge in [0.05, 0.1) is 28.5 Å². The lowest BCUT2D eigenvalue weighted by molar-refractivity contribution is 0.0662. The minimum absolute atomic E-state index is 0.00341. The molecule has 2 aromatic carbocycles. The van der Waals surface area contributed by atoms with Crippen LogP contribution in [0.3, 0.4) is 0 Å². The van der Waals surface area contributed by atoms with Crippen molar-refractivity contribution in [2.75, 3.05) is 11.5 Å². The summed E-state index contributed by atoms with van der Waals surface area (Å²) in [7, 11) is -3.25. The molecule has 3 heterocycles. The highest BCUT2D eigenvalue weighted by atomic mass is 32.2. The molecular formula is C21H17NO6S. The molecule has 2 atom stereocenters. The SMILES string of the molecule is O=C1c2oc3ccccc3c(=O)c2C(c2ccc(O)cc2)N1C1CCS(=O)(=O)C1. The number of amides is 1. The number of fused-ring (bicyclic) bond motifs is 2. The Morgan fingerprint density at radius 3 is 2.45 bits per heavy atom. The summed E-state index contributed by atoms with van der Waals surface area (Å²) >= 11 is 0. The number of rotatable bonds is 2. The first-order chi connectivity index (χ1) is 13.9. The van der Waals surface area contributed by atoms with Gasteiger partial charge in [-0.3, -0.25) is 9.59 Å². The average Bonchev–Trinajstić information content (AvgIpc) is 3.20. The number of hydrogen-bond acceptors (Lipinski definition) is 6. The number of phenols is 1. The lowest BCUT2D eigenvalue weighted by Gasteiger charge is -2.30. The van der Waals surface area contributed by atoms with E-state index >= 15 is 0 Å². The van der Waals surface area contributed by atoms with Crippen LogP contribution in [0.5, 0.6) is 5.75 Å². The zero-order valence-electron chi connectivity index (χ0n) is 15.2. The highest BCUT2D eigenvalue weighted by Gasteiger charge is 2.48. The second-order valence-electron chi connectivity index (χ2n) is 7.43. The van der Waals surface area contributed by atoms with Crippen LogP contribution in [0.25, 0.3) is 11.0 Å². The third-order valence-electron chi connectivity index (χ3n) is 5.62. The van der Waals surface area contributed by atoms with Gasteiger partial charge in [-0.2, -0.15) is 0 Å². The molecule has 2 aliphatic rings. The molecule has 0 radical (unpaired) electrons. The number of carbonyl (C=O) groups excluding carboxylic acids is 1. The Morgan fingerprint density at radius 2 is 1.76 bits per heavy atom. The van der Waals surface area contributed by atoms with E-state index in [1.807, 2.05) is 0 Å². The summed E-state index contributed by atoms with van der Waals surface area (Å²) in [4.78, 5) is 28.1. The fourth-order valence-corrected chi connectivity index (χ4v) is 6.00. The number of carbonyl (C=O) groups is 1. The Hall–Kier alpha value is -3.13. The molecule has 1 saturated heterocycles. The largest absolute Gasteiger partial charge is 0.508 e. The van der Waals surface area contributed by atoms with E-state index in [0.717, 1.165) is 0 Å². The summed E-state index contributed by atoms with van der Waals surface area (Å²) in [5.74, 6) is -0.615. The van der Waals surface area contributed by atoms with Gasteiger partial charge in [0.2, 0.25) is 5.76 Å². The van der Waals surface area contributed by atoms with Crippen LogP contribution in [0.2, 0.25) is 0 Å². The molecule has 3 aromatic rings. The minimum atomic E-state index is -3.25. The van der Waals surface area contributed by atoms with Crippen LogP contribution in [0.15, 0.2) is 57.7 Å². The summed E-state index contributed by atoms with van der Waals surface area (Å²) in [5.41, 5.74) is 0.831. The first-order valence-electron chi connectivity index (χ1n) is 9.23. The van der Waals surface area contributed by atoms with Crippen LogP contribution >= 0.6 is 0 Å². The number of aromatic hydroxyl groups is 1. The topological polar surface area (TPSA) is 105 Å². The Labute approximate surface area is 166 Å². The Bertz CT molecular complexity index is 1310. The van der Waals surface area contributed by atoms with Crippen LogP contribution in [0.1, 0.15) is 34.1 Å². The number of phenolic OH excluding ortho intramolecular Hbond substituents is 1. The van der Waals surface area contributed by atoms with Gasteiger partial charge in [0, 0.05) is 6.04 Å². The van der Waals surface area contributed by atoms with Gasteiger partial charge >= 0.3 is 0 Å². The van der Waals surface area contributed by atoms with Crippen molar-refractivity contribution in [3.8, 4) is 5.75 Å². The van der Waals surface area contributed by atoms with E-state index in [-0.39, 0.29) is 34.0 Å². The first-order valence-corrected chi connectivity index (χ1v) is 11.1. The van der Waals surface area contributed by atoms with E-state index in [9.17, 15) is 23.1 Å². The zero-order valence-corrected chi connectivity index (χ0v) is 16.1. The maximum absolute atomic E-state index is 13.3. The normalized spacial score (nSPS) is 22.9. The maximum Gasteiger partial charge on any atom is 0.291 e. The molecule has 0 bridgehead atoms. The van der Waals surface area contributed by atoms with Crippen LogP contribution in [0.4, 0.5) is 0 Å². The number of para-hydroxylation sites is 1. The second-order valence-corrected chi connectivity index (χ2v) is 9.66. The van der Waals surface area contributed by atoms with E-state index in [1.165, 1.54) is 17.0 Å². The Balaban J connectivity index is 1.76. The van der Waals surface area contributed by atoms with Gasteiger partial charge in [-0.1, -0.05) is 24.3 Å². The zero-order chi connectivity index (χ0) is 20.3. The molecular weight excluding hydrogens is 394 g/mol. The van der Waals surface area contributed by atoms with Crippen molar-refractivity contribution in [1.29, 1.82) is 0 Å². The number of nitrogens with zero attached hydrogens (tertiary/aromatic N) is 1. The number of sulfone groups is 1. The molecule has 2 aliphatic heterocycles. The van der Waals surface area contributed by atoms with E-state index in [4.69, 9.17) is 4.42 Å². The molecule has 1 aromatic heterocycles. The maximum atomic E-state index is 13.3. The molecule has 148 valence electrons. The van der Waals surface area contributed by atoms with E-state index in [0.29, 0.717) is 23.0 Å². The van der Waals surface area contributed by atoms with Crippen molar-refractivity contribution in [3.63, 3.8) is 0 Å². The highest BCUT2D eigenvalue weighted by molar-refractivity contribution is 7.91. The number of benzene rings is 2. The summed E-state index contributed by atoms with van der Waals surface area (Å²) in [6.45, 7) is 0. The quantitative estimate of drug-likeness (QED) is 0.693. The predicted molar refractivity (Wildman–Crippen MR) is 106 cm³/mol. The molecule has 0 spiro atoms. The summed E-state index contributed by atoms with van der Waals surface area (Å²) in [6, 6.07) is 11.6.